The maximum atomic E-state index is 12.9. The Bertz CT molecular complexity index is 850. The van der Waals surface area contributed by atoms with Gasteiger partial charge in [-0.05, 0) is 31.5 Å². The molecular formula is C20H22N2O3. The summed E-state index contributed by atoms with van der Waals surface area (Å²) in [6, 6.07) is 9.17. The van der Waals surface area contributed by atoms with Crippen molar-refractivity contribution in [2.45, 2.75) is 13.3 Å². The third-order valence-corrected chi connectivity index (χ3v) is 4.58. The summed E-state index contributed by atoms with van der Waals surface area (Å²) in [4.78, 5) is 28.9. The van der Waals surface area contributed by atoms with Crippen molar-refractivity contribution in [1.82, 2.24) is 4.90 Å². The normalized spacial score (nSPS) is 13.5. The highest BCUT2D eigenvalue weighted by molar-refractivity contribution is 6.26. The van der Waals surface area contributed by atoms with E-state index >= 15 is 0 Å². The summed E-state index contributed by atoms with van der Waals surface area (Å²) in [5.41, 5.74) is 2.93. The third-order valence-electron chi connectivity index (χ3n) is 4.58. The van der Waals surface area contributed by atoms with E-state index < -0.39 is 0 Å². The van der Waals surface area contributed by atoms with Crippen LogP contribution >= 0.6 is 0 Å². The second kappa shape index (κ2) is 6.69. The van der Waals surface area contributed by atoms with E-state index in [2.05, 4.69) is 6.58 Å². The van der Waals surface area contributed by atoms with Gasteiger partial charge in [0.15, 0.2) is 0 Å². The molecule has 5 nitrogen and oxygen atoms in total. The number of amides is 2. The number of aliphatic hydroxyl groups excluding tert-OH is 1. The Morgan fingerprint density at radius 2 is 1.84 bits per heavy atom. The van der Waals surface area contributed by atoms with Gasteiger partial charge in [0.05, 0.1) is 6.61 Å². The van der Waals surface area contributed by atoms with Gasteiger partial charge < -0.3 is 10.0 Å². The van der Waals surface area contributed by atoms with Crippen molar-refractivity contribution < 1.29 is 14.7 Å². The van der Waals surface area contributed by atoms with Crippen molar-refractivity contribution >= 4 is 28.3 Å². The van der Waals surface area contributed by atoms with Gasteiger partial charge >= 0.3 is 0 Å². The van der Waals surface area contributed by atoms with Crippen LogP contribution in [-0.4, -0.2) is 48.6 Å². The predicted molar refractivity (Wildman–Crippen MR) is 99.1 cm³/mol. The van der Waals surface area contributed by atoms with E-state index in [9.17, 15) is 14.7 Å². The lowest BCUT2D eigenvalue weighted by Gasteiger charge is -2.29. The van der Waals surface area contributed by atoms with Gasteiger partial charge in [0.25, 0.3) is 11.8 Å². The quantitative estimate of drug-likeness (QED) is 0.650. The molecule has 2 amide bonds. The Morgan fingerprint density at radius 3 is 2.48 bits per heavy atom. The molecule has 0 bridgehead atoms. The second-order valence-corrected chi connectivity index (χ2v) is 6.47. The van der Waals surface area contributed by atoms with Crippen LogP contribution in [0.15, 0.2) is 42.5 Å². The average Bonchev–Trinajstić information content (AvgIpc) is 2.59. The first-order valence-corrected chi connectivity index (χ1v) is 8.34. The van der Waals surface area contributed by atoms with Crippen LogP contribution < -0.4 is 4.90 Å². The number of carbonyl (C=O) groups is 2. The maximum Gasteiger partial charge on any atom is 0.261 e. The molecule has 0 unspecified atom stereocenters. The lowest BCUT2D eigenvalue weighted by atomic mass is 9.92. The van der Waals surface area contributed by atoms with Crippen LogP contribution in [0.5, 0.6) is 0 Å². The van der Waals surface area contributed by atoms with Gasteiger partial charge in [-0.3, -0.25) is 14.5 Å². The molecule has 1 N–H and O–H groups in total. The molecule has 0 radical (unpaired) electrons. The Morgan fingerprint density at radius 1 is 1.16 bits per heavy atom. The van der Waals surface area contributed by atoms with Crippen molar-refractivity contribution in [3.63, 3.8) is 0 Å². The van der Waals surface area contributed by atoms with Crippen molar-refractivity contribution in [3.05, 3.63) is 53.6 Å². The van der Waals surface area contributed by atoms with E-state index in [1.54, 1.807) is 12.1 Å². The standard InChI is InChI=1S/C20H22N2O3/c1-13(2)9-10-22-19(24)15-6-4-5-14-17(21(3)11-12-23)8-7-16(18(14)15)20(22)25/h4-8,23H,1,9-12H2,2-3H3. The molecule has 1 aliphatic rings. The minimum Gasteiger partial charge on any atom is -0.395 e. The molecule has 0 aliphatic carbocycles. The van der Waals surface area contributed by atoms with Crippen molar-refractivity contribution in [2.24, 2.45) is 0 Å². The van der Waals surface area contributed by atoms with Gasteiger partial charge in [0, 0.05) is 47.7 Å². The number of benzene rings is 2. The summed E-state index contributed by atoms with van der Waals surface area (Å²) in [6.07, 6.45) is 0.597. The van der Waals surface area contributed by atoms with Crippen LogP contribution in [0.1, 0.15) is 34.1 Å². The highest BCUT2D eigenvalue weighted by Crippen LogP contribution is 2.35. The van der Waals surface area contributed by atoms with Crippen molar-refractivity contribution in [3.8, 4) is 0 Å². The largest absolute Gasteiger partial charge is 0.395 e. The van der Waals surface area contributed by atoms with Crippen molar-refractivity contribution in [2.75, 3.05) is 31.6 Å². The van der Waals surface area contributed by atoms with Gasteiger partial charge in [0.1, 0.15) is 0 Å². The van der Waals surface area contributed by atoms with E-state index in [-0.39, 0.29) is 18.4 Å². The average molecular weight is 338 g/mol. The fraction of sp³-hybridized carbons (Fsp3) is 0.300. The first-order valence-electron chi connectivity index (χ1n) is 8.34. The zero-order valence-electron chi connectivity index (χ0n) is 14.6. The van der Waals surface area contributed by atoms with Crippen LogP contribution in [0.3, 0.4) is 0 Å². The molecule has 0 atom stereocenters. The number of anilines is 1. The van der Waals surface area contributed by atoms with Crippen LogP contribution in [0, 0.1) is 0 Å². The first-order chi connectivity index (χ1) is 12.0. The Balaban J connectivity index is 2.13. The zero-order valence-corrected chi connectivity index (χ0v) is 14.6. The molecular weight excluding hydrogens is 316 g/mol. The molecule has 130 valence electrons. The fourth-order valence-corrected chi connectivity index (χ4v) is 3.24. The Kier molecular flexibility index (Phi) is 4.59. The second-order valence-electron chi connectivity index (χ2n) is 6.47. The number of aliphatic hydroxyl groups is 1. The number of likely N-dealkylation sites (N-methyl/N-ethyl adjacent to an activating group) is 1. The lowest BCUT2D eigenvalue weighted by molar-refractivity contribution is 0.0612. The molecule has 25 heavy (non-hydrogen) atoms. The first kappa shape index (κ1) is 17.2. The molecule has 0 aromatic heterocycles. The molecule has 5 heteroatoms. The molecule has 1 heterocycles. The maximum absolute atomic E-state index is 12.9. The summed E-state index contributed by atoms with van der Waals surface area (Å²) in [5, 5.41) is 10.7. The summed E-state index contributed by atoms with van der Waals surface area (Å²) >= 11 is 0. The highest BCUT2D eigenvalue weighted by Gasteiger charge is 2.33. The number of carbonyl (C=O) groups excluding carboxylic acids is 2. The van der Waals surface area contributed by atoms with Gasteiger partial charge in [0.2, 0.25) is 0 Å². The number of hydrogen-bond donors (Lipinski definition) is 1. The SMILES string of the molecule is C=C(C)CCN1C(=O)c2cccc3c(N(C)CCO)ccc(c23)C1=O. The molecule has 0 saturated heterocycles. The topological polar surface area (TPSA) is 60.9 Å². The van der Waals surface area contributed by atoms with Gasteiger partial charge in [-0.2, -0.15) is 0 Å². The van der Waals surface area contributed by atoms with E-state index in [0.29, 0.717) is 36.0 Å². The summed E-state index contributed by atoms with van der Waals surface area (Å²) in [6.45, 7) is 6.59. The summed E-state index contributed by atoms with van der Waals surface area (Å²) in [5.74, 6) is -0.516. The number of nitrogens with zero attached hydrogens (tertiary/aromatic N) is 2. The Labute approximate surface area is 147 Å². The van der Waals surface area contributed by atoms with Crippen LogP contribution in [0.2, 0.25) is 0 Å². The molecule has 0 spiro atoms. The molecule has 3 rings (SSSR count). The predicted octanol–water partition coefficient (Wildman–Crippen LogP) is 2.83. The molecule has 0 saturated carbocycles. The molecule has 1 aliphatic heterocycles. The smallest absolute Gasteiger partial charge is 0.261 e. The van der Waals surface area contributed by atoms with Crippen LogP contribution in [0.4, 0.5) is 5.69 Å². The van der Waals surface area contributed by atoms with E-state index in [1.807, 2.05) is 37.1 Å². The van der Waals surface area contributed by atoms with Gasteiger partial charge in [-0.25, -0.2) is 0 Å². The number of rotatable bonds is 6. The van der Waals surface area contributed by atoms with E-state index in [0.717, 1.165) is 16.6 Å². The van der Waals surface area contributed by atoms with E-state index in [4.69, 9.17) is 0 Å². The minimum absolute atomic E-state index is 0.0337. The summed E-state index contributed by atoms with van der Waals surface area (Å²) in [7, 11) is 1.88. The minimum atomic E-state index is -0.258. The zero-order chi connectivity index (χ0) is 18.1. The highest BCUT2D eigenvalue weighted by atomic mass is 16.3. The molecule has 2 aromatic rings. The Hall–Kier alpha value is -2.66. The number of hydrogen-bond acceptors (Lipinski definition) is 4. The lowest BCUT2D eigenvalue weighted by Crippen LogP contribution is -2.41. The van der Waals surface area contributed by atoms with E-state index in [1.165, 1.54) is 4.90 Å². The summed E-state index contributed by atoms with van der Waals surface area (Å²) < 4.78 is 0. The van der Waals surface area contributed by atoms with Gasteiger partial charge in [-0.15, -0.1) is 6.58 Å². The number of imide groups is 1. The molecule has 0 fully saturated rings. The van der Waals surface area contributed by atoms with Crippen LogP contribution in [-0.2, 0) is 0 Å². The fourth-order valence-electron chi connectivity index (χ4n) is 3.24. The van der Waals surface area contributed by atoms with Gasteiger partial charge in [-0.1, -0.05) is 17.7 Å². The monoisotopic (exact) mass is 338 g/mol. The van der Waals surface area contributed by atoms with Crippen molar-refractivity contribution in [1.29, 1.82) is 0 Å². The van der Waals surface area contributed by atoms with Crippen LogP contribution in [0.25, 0.3) is 10.8 Å². The third kappa shape index (κ3) is 2.91. The molecule has 2 aromatic carbocycles.